The van der Waals surface area contributed by atoms with Crippen LogP contribution in [-0.4, -0.2) is 84.8 Å². The summed E-state index contributed by atoms with van der Waals surface area (Å²) in [5.74, 6) is 0. The molecule has 3 amide bonds. The van der Waals surface area contributed by atoms with Crippen molar-refractivity contribution in [3.8, 4) is 0 Å². The number of carboxylic acid groups (broad SMARTS) is 1. The minimum atomic E-state index is -0.795. The van der Waals surface area contributed by atoms with Crippen LogP contribution >= 0.6 is 0 Å². The number of piperidine rings is 2. The van der Waals surface area contributed by atoms with E-state index in [1.807, 2.05) is 25.1 Å². The Labute approximate surface area is 172 Å². The van der Waals surface area contributed by atoms with E-state index in [4.69, 9.17) is 5.11 Å². The quantitative estimate of drug-likeness (QED) is 0.787. The average Bonchev–Trinajstić information content (AvgIpc) is 2.74. The highest BCUT2D eigenvalue weighted by molar-refractivity contribution is 5.93. The fraction of sp³-hybridized carbons (Fsp3) is 0.636. The van der Waals surface area contributed by atoms with Gasteiger partial charge in [-0.2, -0.15) is 0 Å². The number of rotatable bonds is 1. The topological polar surface area (TPSA) is 67.3 Å². The van der Waals surface area contributed by atoms with Crippen molar-refractivity contribution in [3.05, 3.63) is 29.8 Å². The van der Waals surface area contributed by atoms with Crippen LogP contribution in [0.4, 0.5) is 15.3 Å². The molecule has 1 aromatic rings. The van der Waals surface area contributed by atoms with Crippen molar-refractivity contribution in [1.29, 1.82) is 0 Å². The number of anilines is 1. The first kappa shape index (κ1) is 20.0. The number of para-hydroxylation sites is 1. The molecule has 1 aromatic carbocycles. The van der Waals surface area contributed by atoms with Crippen molar-refractivity contribution >= 4 is 17.8 Å². The summed E-state index contributed by atoms with van der Waals surface area (Å²) in [6, 6.07) is 8.97. The van der Waals surface area contributed by atoms with Gasteiger partial charge in [0.05, 0.1) is 0 Å². The molecule has 7 nitrogen and oxygen atoms in total. The van der Waals surface area contributed by atoms with Crippen LogP contribution in [0.25, 0.3) is 0 Å². The lowest BCUT2D eigenvalue weighted by atomic mass is 9.67. The van der Waals surface area contributed by atoms with Crippen LogP contribution < -0.4 is 4.90 Å². The van der Waals surface area contributed by atoms with Crippen molar-refractivity contribution in [1.82, 2.24) is 14.7 Å². The van der Waals surface area contributed by atoms with Crippen molar-refractivity contribution in [2.45, 2.75) is 43.6 Å². The molecule has 0 bridgehead atoms. The molecule has 0 atom stereocenters. The van der Waals surface area contributed by atoms with Crippen LogP contribution in [0, 0.1) is 0 Å². The van der Waals surface area contributed by atoms with E-state index in [0.29, 0.717) is 19.1 Å². The number of amides is 3. The molecule has 0 aliphatic carbocycles. The molecule has 2 fully saturated rings. The highest BCUT2D eigenvalue weighted by Crippen LogP contribution is 2.47. The SMILES string of the molecule is CN(C)C(=O)N1CCC2(CCN(C3CCN(C(=O)O)CC3)CC2)c2ccccc21. The molecule has 3 aliphatic rings. The molecule has 29 heavy (non-hydrogen) atoms. The molecule has 1 spiro atoms. The summed E-state index contributed by atoms with van der Waals surface area (Å²) in [7, 11) is 3.62. The molecular weight excluding hydrogens is 368 g/mol. The maximum absolute atomic E-state index is 12.7. The minimum Gasteiger partial charge on any atom is -0.465 e. The van der Waals surface area contributed by atoms with Gasteiger partial charge in [-0.1, -0.05) is 18.2 Å². The maximum atomic E-state index is 12.7. The molecular formula is C22H32N4O3. The normalized spacial score (nSPS) is 22.4. The monoisotopic (exact) mass is 400 g/mol. The van der Waals surface area contributed by atoms with Crippen LogP contribution in [0.1, 0.15) is 37.7 Å². The molecule has 3 aliphatic heterocycles. The lowest BCUT2D eigenvalue weighted by Crippen LogP contribution is -2.54. The highest BCUT2D eigenvalue weighted by Gasteiger charge is 2.43. The van der Waals surface area contributed by atoms with Gasteiger partial charge in [0.1, 0.15) is 0 Å². The number of fused-ring (bicyclic) bond motifs is 2. The zero-order valence-electron chi connectivity index (χ0n) is 17.5. The van der Waals surface area contributed by atoms with Gasteiger partial charge < -0.3 is 19.8 Å². The fourth-order valence-electron chi connectivity index (χ4n) is 5.44. The van der Waals surface area contributed by atoms with Crippen LogP contribution in [0.5, 0.6) is 0 Å². The van der Waals surface area contributed by atoms with Gasteiger partial charge in [-0.25, -0.2) is 9.59 Å². The number of nitrogens with zero attached hydrogens (tertiary/aromatic N) is 4. The number of likely N-dealkylation sites (tertiary alicyclic amines) is 2. The molecule has 0 unspecified atom stereocenters. The predicted octanol–water partition coefficient (Wildman–Crippen LogP) is 3.05. The number of carbonyl (C=O) groups is 2. The van der Waals surface area contributed by atoms with Gasteiger partial charge in [-0.05, 0) is 56.8 Å². The zero-order valence-corrected chi connectivity index (χ0v) is 17.5. The standard InChI is InChI=1S/C22H32N4O3/c1-23(2)20(27)26-16-11-22(18-5-3-4-6-19(18)26)9-14-24(15-10-22)17-7-12-25(13-8-17)21(28)29/h3-6,17H,7-16H2,1-2H3,(H,28,29). The summed E-state index contributed by atoms with van der Waals surface area (Å²) in [6.45, 7) is 4.16. The van der Waals surface area contributed by atoms with Gasteiger partial charge in [0, 0.05) is 50.9 Å². The Balaban J connectivity index is 1.46. The third-order valence-corrected chi connectivity index (χ3v) is 7.20. The molecule has 0 saturated carbocycles. The Bertz CT molecular complexity index is 765. The Morgan fingerprint density at radius 3 is 2.24 bits per heavy atom. The molecule has 0 aromatic heterocycles. The average molecular weight is 401 g/mol. The van der Waals surface area contributed by atoms with E-state index in [0.717, 1.165) is 57.4 Å². The van der Waals surface area contributed by atoms with Gasteiger partial charge in [0.15, 0.2) is 0 Å². The summed E-state index contributed by atoms with van der Waals surface area (Å²) in [4.78, 5) is 31.5. The lowest BCUT2D eigenvalue weighted by molar-refractivity contribution is 0.0637. The van der Waals surface area contributed by atoms with Crippen LogP contribution in [0.3, 0.4) is 0 Å². The molecule has 0 radical (unpaired) electrons. The largest absolute Gasteiger partial charge is 0.465 e. The second-order valence-electron chi connectivity index (χ2n) is 8.91. The number of urea groups is 1. The van der Waals surface area contributed by atoms with Crippen LogP contribution in [0.2, 0.25) is 0 Å². The van der Waals surface area contributed by atoms with Crippen molar-refractivity contribution in [3.63, 3.8) is 0 Å². The van der Waals surface area contributed by atoms with Gasteiger partial charge in [-0.3, -0.25) is 4.90 Å². The number of hydrogen-bond donors (Lipinski definition) is 1. The predicted molar refractivity (Wildman–Crippen MR) is 113 cm³/mol. The van der Waals surface area contributed by atoms with E-state index in [1.54, 1.807) is 4.90 Å². The summed E-state index contributed by atoms with van der Waals surface area (Å²) in [5.41, 5.74) is 2.54. The Morgan fingerprint density at radius 1 is 1.00 bits per heavy atom. The Hall–Kier alpha value is -2.28. The second-order valence-corrected chi connectivity index (χ2v) is 8.91. The molecule has 3 heterocycles. The Morgan fingerprint density at radius 2 is 1.62 bits per heavy atom. The second kappa shape index (κ2) is 7.86. The Kier molecular flexibility index (Phi) is 5.42. The maximum Gasteiger partial charge on any atom is 0.407 e. The molecule has 158 valence electrons. The van der Waals surface area contributed by atoms with Gasteiger partial charge in [0.2, 0.25) is 0 Å². The lowest BCUT2D eigenvalue weighted by Gasteiger charge is -2.50. The third-order valence-electron chi connectivity index (χ3n) is 7.20. The van der Waals surface area contributed by atoms with Crippen molar-refractivity contribution < 1.29 is 14.7 Å². The van der Waals surface area contributed by atoms with Gasteiger partial charge in [-0.15, -0.1) is 0 Å². The van der Waals surface area contributed by atoms with Crippen LogP contribution in [0.15, 0.2) is 24.3 Å². The molecule has 2 saturated heterocycles. The van der Waals surface area contributed by atoms with Crippen molar-refractivity contribution in [2.75, 3.05) is 51.7 Å². The van der Waals surface area contributed by atoms with E-state index in [1.165, 1.54) is 10.5 Å². The number of benzene rings is 1. The first-order valence-corrected chi connectivity index (χ1v) is 10.7. The van der Waals surface area contributed by atoms with E-state index in [2.05, 4.69) is 23.1 Å². The van der Waals surface area contributed by atoms with E-state index < -0.39 is 6.09 Å². The summed E-state index contributed by atoms with van der Waals surface area (Å²) < 4.78 is 0. The fourth-order valence-corrected chi connectivity index (χ4v) is 5.44. The van der Waals surface area contributed by atoms with E-state index >= 15 is 0 Å². The van der Waals surface area contributed by atoms with Gasteiger partial charge >= 0.3 is 12.1 Å². The summed E-state index contributed by atoms with van der Waals surface area (Å²) >= 11 is 0. The molecule has 4 rings (SSSR count). The van der Waals surface area contributed by atoms with E-state index in [-0.39, 0.29) is 11.4 Å². The van der Waals surface area contributed by atoms with E-state index in [9.17, 15) is 9.59 Å². The molecule has 1 N–H and O–H groups in total. The summed E-state index contributed by atoms with van der Waals surface area (Å²) in [5, 5.41) is 9.17. The van der Waals surface area contributed by atoms with Gasteiger partial charge in [0.25, 0.3) is 0 Å². The minimum absolute atomic E-state index is 0.0509. The first-order valence-electron chi connectivity index (χ1n) is 10.7. The third kappa shape index (κ3) is 3.68. The smallest absolute Gasteiger partial charge is 0.407 e. The first-order chi connectivity index (χ1) is 13.9. The number of carbonyl (C=O) groups excluding carboxylic acids is 1. The number of hydrogen-bond acceptors (Lipinski definition) is 3. The molecule has 7 heteroatoms. The highest BCUT2D eigenvalue weighted by atomic mass is 16.4. The summed E-state index contributed by atoms with van der Waals surface area (Å²) in [6.07, 6.45) is 4.29. The van der Waals surface area contributed by atoms with Crippen LogP contribution in [-0.2, 0) is 5.41 Å². The zero-order chi connectivity index (χ0) is 20.6. The van der Waals surface area contributed by atoms with Crippen molar-refractivity contribution in [2.24, 2.45) is 0 Å².